The fraction of sp³-hybridized carbons (Fsp3) is 0.414. The van der Waals surface area contributed by atoms with Crippen LogP contribution in [0, 0.1) is 5.41 Å². The highest BCUT2D eigenvalue weighted by atomic mass is 35.5. The van der Waals surface area contributed by atoms with E-state index in [1.807, 2.05) is 7.05 Å². The Hall–Kier alpha value is -3.00. The van der Waals surface area contributed by atoms with Gasteiger partial charge in [0, 0.05) is 25.8 Å². The van der Waals surface area contributed by atoms with Crippen LogP contribution in [0.1, 0.15) is 41.6 Å². The van der Waals surface area contributed by atoms with E-state index in [9.17, 15) is 23.1 Å². The quantitative estimate of drug-likeness (QED) is 0.172. The summed E-state index contributed by atoms with van der Waals surface area (Å²) in [7, 11) is -0.652. The van der Waals surface area contributed by atoms with Crippen LogP contribution >= 0.6 is 24.8 Å². The second-order valence-corrected chi connectivity index (χ2v) is 12.4. The first-order valence-corrected chi connectivity index (χ1v) is 14.9. The second-order valence-electron chi connectivity index (χ2n) is 10.7. The van der Waals surface area contributed by atoms with Crippen molar-refractivity contribution in [2.45, 2.75) is 49.2 Å². The molecule has 43 heavy (non-hydrogen) atoms. The summed E-state index contributed by atoms with van der Waals surface area (Å²) in [6.07, 6.45) is 2.63. The molecule has 4 rings (SSSR count). The van der Waals surface area contributed by atoms with E-state index >= 15 is 0 Å². The minimum Gasteiger partial charge on any atom is -0.480 e. The molecule has 0 bridgehead atoms. The zero-order valence-corrected chi connectivity index (χ0v) is 26.7. The number of carbonyl (C=O) groups is 2. The predicted octanol–water partition coefficient (Wildman–Crippen LogP) is 2.51. The summed E-state index contributed by atoms with van der Waals surface area (Å²) in [6.45, 7) is 3.06. The molecule has 14 heteroatoms. The SMILES string of the molecule is COC[C@@H]1c2cc(S(=O)(=O)N[C@@H](Cc3cccc(C(=N)N)c3)C(=O)N3CC=C(C)CC3C(=O)O)ccc2CCN1C.Cl.Cl. The molecule has 1 amide bonds. The first kappa shape index (κ1) is 36.2. The number of sulfonamides is 1. The molecule has 0 fully saturated rings. The second kappa shape index (κ2) is 15.1. The van der Waals surface area contributed by atoms with E-state index in [0.717, 1.165) is 29.7 Å². The van der Waals surface area contributed by atoms with Crippen LogP contribution < -0.4 is 10.5 Å². The Labute approximate surface area is 264 Å². The van der Waals surface area contributed by atoms with Crippen LogP contribution in [-0.4, -0.2) is 87.0 Å². The lowest BCUT2D eigenvalue weighted by atomic mass is 9.93. The highest BCUT2D eigenvalue weighted by Crippen LogP contribution is 2.31. The first-order valence-electron chi connectivity index (χ1n) is 13.4. The normalized spacial score (nSPS) is 19.2. The van der Waals surface area contributed by atoms with Crippen LogP contribution in [0.2, 0.25) is 0 Å². The van der Waals surface area contributed by atoms with Gasteiger partial charge in [0.2, 0.25) is 15.9 Å². The molecule has 0 saturated carbocycles. The van der Waals surface area contributed by atoms with Crippen molar-refractivity contribution in [3.63, 3.8) is 0 Å². The van der Waals surface area contributed by atoms with Gasteiger partial charge in [0.25, 0.3) is 0 Å². The minimum atomic E-state index is -4.21. The van der Waals surface area contributed by atoms with Gasteiger partial charge in [-0.2, -0.15) is 4.72 Å². The lowest BCUT2D eigenvalue weighted by Gasteiger charge is -2.35. The molecule has 0 radical (unpaired) electrons. The standard InChI is InChI=1S/C29H37N5O6S.2ClH/c1-18-9-12-34(25(13-18)29(36)37)28(35)24(15-19-5-4-6-21(14-19)27(30)31)32-41(38,39)22-8-7-20-10-11-33(2)26(17-40-3)23(20)16-22;;/h4-9,14,16,24-26,32H,10-13,15,17H2,1-3H3,(H3,30,31)(H,36,37);2*1H/t24-,25?,26+;;/m0../s1. The number of aliphatic carboxylic acids is 1. The van der Waals surface area contributed by atoms with Gasteiger partial charge in [-0.1, -0.05) is 35.9 Å². The number of fused-ring (bicyclic) bond motifs is 1. The van der Waals surface area contributed by atoms with Gasteiger partial charge in [0.05, 0.1) is 17.5 Å². The molecule has 0 saturated heterocycles. The fourth-order valence-corrected chi connectivity index (χ4v) is 6.65. The monoisotopic (exact) mass is 655 g/mol. The van der Waals surface area contributed by atoms with E-state index in [4.69, 9.17) is 15.9 Å². The van der Waals surface area contributed by atoms with Gasteiger partial charge in [-0.15, -0.1) is 24.8 Å². The molecule has 5 N–H and O–H groups in total. The zero-order chi connectivity index (χ0) is 29.9. The third-order valence-corrected chi connectivity index (χ3v) is 9.22. The molecule has 3 atom stereocenters. The van der Waals surface area contributed by atoms with Crippen molar-refractivity contribution in [2.75, 3.05) is 33.9 Å². The number of ether oxygens (including phenoxy) is 1. The van der Waals surface area contributed by atoms with Crippen LogP contribution in [0.25, 0.3) is 0 Å². The topological polar surface area (TPSA) is 166 Å². The summed E-state index contributed by atoms with van der Waals surface area (Å²) in [5.74, 6) is -1.97. The summed E-state index contributed by atoms with van der Waals surface area (Å²) in [6, 6.07) is 9.06. The number of hydrogen-bond acceptors (Lipinski definition) is 7. The largest absolute Gasteiger partial charge is 0.480 e. The molecule has 2 aromatic rings. The van der Waals surface area contributed by atoms with Crippen LogP contribution in [0.3, 0.4) is 0 Å². The van der Waals surface area contributed by atoms with Crippen molar-refractivity contribution >= 4 is 52.5 Å². The molecule has 0 aromatic heterocycles. The number of amides is 1. The van der Waals surface area contributed by atoms with Crippen molar-refractivity contribution in [3.8, 4) is 0 Å². The van der Waals surface area contributed by atoms with Crippen LogP contribution in [0.15, 0.2) is 59.0 Å². The number of nitrogens with zero attached hydrogens (tertiary/aromatic N) is 2. The van der Waals surface area contributed by atoms with Gasteiger partial charge in [-0.25, -0.2) is 13.2 Å². The number of carboxylic acids is 1. The summed E-state index contributed by atoms with van der Waals surface area (Å²) in [5, 5.41) is 17.6. The number of likely N-dealkylation sites (N-methyl/N-ethyl adjacent to an activating group) is 1. The molecule has 0 spiro atoms. The predicted molar refractivity (Wildman–Crippen MR) is 169 cm³/mol. The Morgan fingerprint density at radius 2 is 1.93 bits per heavy atom. The lowest BCUT2D eigenvalue weighted by molar-refractivity contribution is -0.150. The van der Waals surface area contributed by atoms with E-state index in [1.54, 1.807) is 56.5 Å². The van der Waals surface area contributed by atoms with E-state index < -0.39 is 34.0 Å². The Bertz CT molecular complexity index is 1490. The number of carboxylic acid groups (broad SMARTS) is 1. The molecule has 2 heterocycles. The summed E-state index contributed by atoms with van der Waals surface area (Å²) in [5.41, 5.74) is 9.38. The van der Waals surface area contributed by atoms with Crippen LogP contribution in [0.5, 0.6) is 0 Å². The molecule has 2 aliphatic rings. The third kappa shape index (κ3) is 8.34. The Kier molecular flexibility index (Phi) is 12.7. The van der Waals surface area contributed by atoms with Crippen molar-refractivity contribution in [2.24, 2.45) is 5.73 Å². The highest BCUT2D eigenvalue weighted by Gasteiger charge is 2.37. The minimum absolute atomic E-state index is 0. The molecular weight excluding hydrogens is 617 g/mol. The number of carbonyl (C=O) groups excluding carboxylic acids is 1. The van der Waals surface area contributed by atoms with Gasteiger partial charge in [-0.3, -0.25) is 15.1 Å². The van der Waals surface area contributed by atoms with Crippen molar-refractivity contribution in [1.29, 1.82) is 5.41 Å². The maximum Gasteiger partial charge on any atom is 0.326 e. The third-order valence-electron chi connectivity index (χ3n) is 7.75. The number of nitrogens with one attached hydrogen (secondary N) is 2. The number of rotatable bonds is 10. The van der Waals surface area contributed by atoms with Crippen molar-refractivity contribution < 1.29 is 27.9 Å². The Morgan fingerprint density at radius 1 is 1.21 bits per heavy atom. The van der Waals surface area contributed by atoms with Gasteiger partial charge < -0.3 is 20.5 Å². The van der Waals surface area contributed by atoms with Crippen LogP contribution in [-0.2, 0) is 37.2 Å². The summed E-state index contributed by atoms with van der Waals surface area (Å²) >= 11 is 0. The molecule has 11 nitrogen and oxygen atoms in total. The number of methoxy groups -OCH3 is 1. The highest BCUT2D eigenvalue weighted by molar-refractivity contribution is 7.89. The molecule has 0 aliphatic carbocycles. The fourth-order valence-electron chi connectivity index (χ4n) is 5.42. The van der Waals surface area contributed by atoms with Gasteiger partial charge >= 0.3 is 5.97 Å². The molecular formula is C29H39Cl2N5O6S. The smallest absolute Gasteiger partial charge is 0.326 e. The zero-order valence-electron chi connectivity index (χ0n) is 24.3. The number of nitrogens with two attached hydrogens (primary N) is 1. The molecule has 236 valence electrons. The molecule has 2 aliphatic heterocycles. The van der Waals surface area contributed by atoms with Crippen LogP contribution in [0.4, 0.5) is 0 Å². The van der Waals surface area contributed by atoms with Gasteiger partial charge in [-0.05, 0) is 68.1 Å². The lowest BCUT2D eigenvalue weighted by Crippen LogP contribution is -2.55. The average molecular weight is 657 g/mol. The number of halogens is 2. The van der Waals surface area contributed by atoms with Gasteiger partial charge in [0.1, 0.15) is 17.9 Å². The Balaban J connectivity index is 0.00000323. The maximum absolute atomic E-state index is 13.9. The number of amidine groups is 1. The number of hydrogen-bond donors (Lipinski definition) is 4. The van der Waals surface area contributed by atoms with Gasteiger partial charge in [0.15, 0.2) is 0 Å². The summed E-state index contributed by atoms with van der Waals surface area (Å²) in [4.78, 5) is 29.3. The van der Waals surface area contributed by atoms with E-state index in [2.05, 4.69) is 9.62 Å². The number of nitrogen functional groups attached to an aromatic ring is 1. The van der Waals surface area contributed by atoms with Crippen molar-refractivity contribution in [3.05, 3.63) is 76.4 Å². The van der Waals surface area contributed by atoms with E-state index in [0.29, 0.717) is 17.7 Å². The summed E-state index contributed by atoms with van der Waals surface area (Å²) < 4.78 is 35.5. The van der Waals surface area contributed by atoms with Crippen molar-refractivity contribution in [1.82, 2.24) is 14.5 Å². The van der Waals surface area contributed by atoms with E-state index in [-0.39, 0.29) is 61.0 Å². The molecule has 2 aromatic carbocycles. The maximum atomic E-state index is 13.9. The Morgan fingerprint density at radius 3 is 2.58 bits per heavy atom. The molecule has 1 unspecified atom stereocenters. The average Bonchev–Trinajstić information content (AvgIpc) is 2.93. The number of benzene rings is 2. The van der Waals surface area contributed by atoms with E-state index in [1.165, 1.54) is 11.0 Å². The first-order chi connectivity index (χ1) is 19.4.